The van der Waals surface area contributed by atoms with Crippen molar-refractivity contribution in [3.05, 3.63) is 41.7 Å². The number of hydrogen-bond donors (Lipinski definition) is 1. The summed E-state index contributed by atoms with van der Waals surface area (Å²) in [7, 11) is 0. The average Bonchev–Trinajstić information content (AvgIpc) is 2.47. The Bertz CT molecular complexity index is 332. The largest absolute Gasteiger partial charge is 0.313 e. The molecule has 15 heavy (non-hydrogen) atoms. The van der Waals surface area contributed by atoms with Crippen LogP contribution in [0.25, 0.3) is 5.57 Å². The van der Waals surface area contributed by atoms with Gasteiger partial charge in [0.2, 0.25) is 0 Å². The van der Waals surface area contributed by atoms with Gasteiger partial charge in [0.25, 0.3) is 0 Å². The van der Waals surface area contributed by atoms with Crippen molar-refractivity contribution in [1.82, 2.24) is 5.32 Å². The molecule has 0 amide bonds. The average molecular weight is 228 g/mol. The number of benzene rings is 1. The van der Waals surface area contributed by atoms with Crippen LogP contribution < -0.4 is 5.32 Å². The molecule has 1 nitrogen and oxygen atoms in total. The maximum Gasteiger partial charge on any atom is 0.123 e. The second-order valence-electron chi connectivity index (χ2n) is 3.54. The molecule has 1 aromatic rings. The van der Waals surface area contributed by atoms with Gasteiger partial charge in [-0.05, 0) is 42.7 Å². The summed E-state index contributed by atoms with van der Waals surface area (Å²) in [5, 5.41) is 3.31. The highest BCUT2D eigenvalue weighted by molar-refractivity contribution is 5.85. The minimum Gasteiger partial charge on any atom is -0.313 e. The van der Waals surface area contributed by atoms with Crippen LogP contribution in [0.1, 0.15) is 18.4 Å². The van der Waals surface area contributed by atoms with Crippen molar-refractivity contribution in [2.75, 3.05) is 13.1 Å². The van der Waals surface area contributed by atoms with Crippen molar-refractivity contribution >= 4 is 18.0 Å². The highest BCUT2D eigenvalue weighted by Gasteiger charge is 2.04. The zero-order valence-electron chi connectivity index (χ0n) is 8.50. The predicted molar refractivity (Wildman–Crippen MR) is 63.7 cm³/mol. The number of halogens is 2. The third kappa shape index (κ3) is 3.33. The van der Waals surface area contributed by atoms with Gasteiger partial charge < -0.3 is 5.32 Å². The highest BCUT2D eigenvalue weighted by atomic mass is 35.5. The summed E-state index contributed by atoms with van der Waals surface area (Å²) in [6.45, 7) is 1.99. The summed E-state index contributed by atoms with van der Waals surface area (Å²) >= 11 is 0. The lowest BCUT2D eigenvalue weighted by Crippen LogP contribution is -2.12. The Morgan fingerprint density at radius 3 is 2.60 bits per heavy atom. The van der Waals surface area contributed by atoms with Crippen molar-refractivity contribution < 1.29 is 4.39 Å². The molecule has 0 saturated carbocycles. The summed E-state index contributed by atoms with van der Waals surface area (Å²) in [6, 6.07) is 6.75. The molecule has 1 heterocycles. The zero-order valence-corrected chi connectivity index (χ0v) is 9.32. The van der Waals surface area contributed by atoms with Crippen LogP contribution in [-0.4, -0.2) is 13.1 Å². The number of nitrogens with one attached hydrogen (secondary N) is 1. The van der Waals surface area contributed by atoms with E-state index in [4.69, 9.17) is 0 Å². The van der Waals surface area contributed by atoms with E-state index < -0.39 is 0 Å². The Morgan fingerprint density at radius 2 is 1.87 bits per heavy atom. The van der Waals surface area contributed by atoms with Crippen LogP contribution in [0.15, 0.2) is 30.3 Å². The van der Waals surface area contributed by atoms with Gasteiger partial charge in [-0.15, -0.1) is 12.4 Å². The fraction of sp³-hybridized carbons (Fsp3) is 0.333. The van der Waals surface area contributed by atoms with Gasteiger partial charge >= 0.3 is 0 Å². The first kappa shape index (κ1) is 12.2. The molecule has 0 saturated heterocycles. The maximum atomic E-state index is 12.7. The van der Waals surface area contributed by atoms with E-state index in [0.29, 0.717) is 0 Å². The van der Waals surface area contributed by atoms with E-state index in [-0.39, 0.29) is 18.2 Å². The number of allylic oxidation sites excluding steroid dienone is 1. The van der Waals surface area contributed by atoms with Crippen molar-refractivity contribution in [3.8, 4) is 0 Å². The number of hydrogen-bond acceptors (Lipinski definition) is 1. The highest BCUT2D eigenvalue weighted by Crippen LogP contribution is 2.20. The van der Waals surface area contributed by atoms with Crippen LogP contribution in [0.2, 0.25) is 0 Å². The SMILES string of the molecule is Cl.Fc1ccc(C2=CCNCCC2)cc1. The maximum absolute atomic E-state index is 12.7. The molecule has 2 rings (SSSR count). The third-order valence-electron chi connectivity index (χ3n) is 2.51. The molecule has 1 aromatic carbocycles. The molecule has 3 heteroatoms. The van der Waals surface area contributed by atoms with Gasteiger partial charge in [0.1, 0.15) is 5.82 Å². The van der Waals surface area contributed by atoms with Crippen molar-refractivity contribution in [1.29, 1.82) is 0 Å². The van der Waals surface area contributed by atoms with Gasteiger partial charge in [-0.25, -0.2) is 4.39 Å². The van der Waals surface area contributed by atoms with E-state index in [1.165, 1.54) is 17.7 Å². The third-order valence-corrected chi connectivity index (χ3v) is 2.51. The minimum atomic E-state index is -0.166. The molecule has 82 valence electrons. The Labute approximate surface area is 95.8 Å². The quantitative estimate of drug-likeness (QED) is 0.778. The van der Waals surface area contributed by atoms with E-state index in [1.54, 1.807) is 0 Å². The molecule has 0 aromatic heterocycles. The Kier molecular flexibility index (Phi) is 4.79. The lowest BCUT2D eigenvalue weighted by molar-refractivity contribution is 0.627. The van der Waals surface area contributed by atoms with E-state index in [2.05, 4.69) is 11.4 Å². The van der Waals surface area contributed by atoms with Crippen LogP contribution in [-0.2, 0) is 0 Å². The molecular formula is C12H15ClFN. The van der Waals surface area contributed by atoms with Crippen LogP contribution in [0.4, 0.5) is 4.39 Å². The molecule has 1 aliphatic heterocycles. The summed E-state index contributed by atoms with van der Waals surface area (Å²) in [5.74, 6) is -0.166. The first-order valence-electron chi connectivity index (χ1n) is 5.02. The standard InChI is InChI=1S/C12H14FN.ClH/c13-12-5-3-11(4-6-12)10-2-1-8-14-9-7-10;/h3-7,14H,1-2,8-9H2;1H. The topological polar surface area (TPSA) is 12.0 Å². The van der Waals surface area contributed by atoms with Crippen LogP contribution in [0, 0.1) is 5.82 Å². The monoisotopic (exact) mass is 227 g/mol. The molecule has 0 unspecified atom stereocenters. The van der Waals surface area contributed by atoms with Crippen molar-refractivity contribution in [2.24, 2.45) is 0 Å². The fourth-order valence-corrected chi connectivity index (χ4v) is 1.73. The Hall–Kier alpha value is -0.860. The molecule has 0 spiro atoms. The Morgan fingerprint density at radius 1 is 1.13 bits per heavy atom. The summed E-state index contributed by atoms with van der Waals surface area (Å²) in [5.41, 5.74) is 2.48. The second kappa shape index (κ2) is 5.89. The van der Waals surface area contributed by atoms with Crippen LogP contribution >= 0.6 is 12.4 Å². The fourth-order valence-electron chi connectivity index (χ4n) is 1.73. The molecule has 0 bridgehead atoms. The van der Waals surface area contributed by atoms with E-state index >= 15 is 0 Å². The van der Waals surface area contributed by atoms with Gasteiger partial charge in [0.15, 0.2) is 0 Å². The normalized spacial score (nSPS) is 16.2. The lowest BCUT2D eigenvalue weighted by Gasteiger charge is -2.04. The van der Waals surface area contributed by atoms with Gasteiger partial charge in [0.05, 0.1) is 0 Å². The Balaban J connectivity index is 0.00000112. The van der Waals surface area contributed by atoms with Crippen molar-refractivity contribution in [3.63, 3.8) is 0 Å². The first-order chi connectivity index (χ1) is 6.86. The molecule has 0 atom stereocenters. The molecule has 0 fully saturated rings. The minimum absolute atomic E-state index is 0. The molecule has 1 N–H and O–H groups in total. The summed E-state index contributed by atoms with van der Waals surface area (Å²) in [4.78, 5) is 0. The van der Waals surface area contributed by atoms with Gasteiger partial charge in [-0.1, -0.05) is 18.2 Å². The van der Waals surface area contributed by atoms with Gasteiger partial charge in [-0.2, -0.15) is 0 Å². The molecule has 0 aliphatic carbocycles. The summed E-state index contributed by atoms with van der Waals surface area (Å²) in [6.07, 6.45) is 4.43. The van der Waals surface area contributed by atoms with Crippen LogP contribution in [0.3, 0.4) is 0 Å². The zero-order chi connectivity index (χ0) is 9.80. The first-order valence-corrected chi connectivity index (χ1v) is 5.02. The molecule has 1 aliphatic rings. The smallest absolute Gasteiger partial charge is 0.123 e. The van der Waals surface area contributed by atoms with E-state index in [1.807, 2.05) is 12.1 Å². The lowest BCUT2D eigenvalue weighted by atomic mass is 10.0. The van der Waals surface area contributed by atoms with E-state index in [9.17, 15) is 4.39 Å². The second-order valence-corrected chi connectivity index (χ2v) is 3.54. The molecular weight excluding hydrogens is 213 g/mol. The summed E-state index contributed by atoms with van der Waals surface area (Å²) < 4.78 is 12.7. The predicted octanol–water partition coefficient (Wildman–Crippen LogP) is 3.01. The van der Waals surface area contributed by atoms with E-state index in [0.717, 1.165) is 31.5 Å². The number of rotatable bonds is 1. The van der Waals surface area contributed by atoms with Gasteiger partial charge in [-0.3, -0.25) is 0 Å². The van der Waals surface area contributed by atoms with Crippen LogP contribution in [0.5, 0.6) is 0 Å². The van der Waals surface area contributed by atoms with Crippen molar-refractivity contribution in [2.45, 2.75) is 12.8 Å². The van der Waals surface area contributed by atoms with Gasteiger partial charge in [0, 0.05) is 6.54 Å². The molecule has 0 radical (unpaired) electrons.